The molecule has 1 aliphatic rings. The summed E-state index contributed by atoms with van der Waals surface area (Å²) in [6, 6.07) is 7.72. The summed E-state index contributed by atoms with van der Waals surface area (Å²) >= 11 is 0. The molecule has 1 saturated heterocycles. The van der Waals surface area contributed by atoms with E-state index in [0.717, 1.165) is 5.56 Å². The number of hydrogen-bond donors (Lipinski definition) is 4. The Hall–Kier alpha value is -4.02. The smallest absolute Gasteiger partial charge is 0.315 e. The molecule has 0 aliphatic carbocycles. The van der Waals surface area contributed by atoms with Crippen molar-refractivity contribution in [1.82, 2.24) is 25.4 Å². The quantitative estimate of drug-likeness (QED) is 0.398. The Kier molecular flexibility index (Phi) is 8.57. The molecule has 1 aromatic heterocycles. The van der Waals surface area contributed by atoms with E-state index in [1.165, 1.54) is 4.90 Å². The van der Waals surface area contributed by atoms with Crippen LogP contribution in [0.4, 0.5) is 4.79 Å². The van der Waals surface area contributed by atoms with Gasteiger partial charge in [0.15, 0.2) is 0 Å². The minimum Gasteiger partial charge on any atom is -0.497 e. The predicted octanol–water partition coefficient (Wildman–Crippen LogP) is 0.537. The molecule has 11 heteroatoms. The van der Waals surface area contributed by atoms with Gasteiger partial charge in [-0.25, -0.2) is 4.79 Å². The zero-order valence-corrected chi connectivity index (χ0v) is 21.0. The van der Waals surface area contributed by atoms with Gasteiger partial charge in [-0.05, 0) is 50.1 Å². The van der Waals surface area contributed by atoms with Gasteiger partial charge in [0, 0.05) is 32.3 Å². The first kappa shape index (κ1) is 26.6. The van der Waals surface area contributed by atoms with Crippen LogP contribution < -0.4 is 26.4 Å². The van der Waals surface area contributed by atoms with Gasteiger partial charge in [-0.15, -0.1) is 0 Å². The van der Waals surface area contributed by atoms with Crippen molar-refractivity contribution in [1.29, 1.82) is 0 Å². The number of methoxy groups -OCH3 is 1. The molecule has 0 radical (unpaired) electrons. The van der Waals surface area contributed by atoms with Crippen LogP contribution in [0.25, 0.3) is 0 Å². The summed E-state index contributed by atoms with van der Waals surface area (Å²) < 4.78 is 6.82. The Morgan fingerprint density at radius 3 is 2.36 bits per heavy atom. The second kappa shape index (κ2) is 11.6. The number of rotatable bonds is 9. The third-order valence-electron chi connectivity index (χ3n) is 6.04. The lowest BCUT2D eigenvalue weighted by molar-refractivity contribution is -0.129. The van der Waals surface area contributed by atoms with Gasteiger partial charge < -0.3 is 35.9 Å². The number of amides is 5. The standard InChI is InChI=1S/C25H34N6O5/c1-15(2)27-25(35)28-17-13-21(31(14-17)24(34)20-6-5-11-30(20)3)23(33)29-19(22(26)32)12-16-7-9-18(36-4)10-8-16/h5-11,15,17,19,21H,12-14H2,1-4H3,(H2,26,32)(H,29,33)(H2,27,28,35). The number of ether oxygens (including phenoxy) is 1. The van der Waals surface area contributed by atoms with Crippen molar-refractivity contribution < 1.29 is 23.9 Å². The number of aryl methyl sites for hydroxylation is 1. The molecule has 1 fully saturated rings. The van der Waals surface area contributed by atoms with Gasteiger partial charge in [0.1, 0.15) is 23.5 Å². The van der Waals surface area contributed by atoms with Crippen molar-refractivity contribution in [3.8, 4) is 5.75 Å². The van der Waals surface area contributed by atoms with Crippen molar-refractivity contribution >= 4 is 23.8 Å². The van der Waals surface area contributed by atoms with E-state index in [1.807, 2.05) is 13.8 Å². The molecule has 3 unspecified atom stereocenters. The summed E-state index contributed by atoms with van der Waals surface area (Å²) in [5.41, 5.74) is 6.78. The van der Waals surface area contributed by atoms with E-state index < -0.39 is 29.9 Å². The zero-order valence-electron chi connectivity index (χ0n) is 21.0. The Morgan fingerprint density at radius 1 is 1.11 bits per heavy atom. The fourth-order valence-electron chi connectivity index (χ4n) is 4.22. The van der Waals surface area contributed by atoms with Gasteiger partial charge in [0.05, 0.1) is 13.2 Å². The highest BCUT2D eigenvalue weighted by Gasteiger charge is 2.42. The number of nitrogens with zero attached hydrogens (tertiary/aromatic N) is 2. The van der Waals surface area contributed by atoms with Crippen LogP contribution in [0, 0.1) is 0 Å². The molecule has 2 heterocycles. The number of carbonyl (C=O) groups is 4. The maximum absolute atomic E-state index is 13.4. The minimum atomic E-state index is -0.978. The summed E-state index contributed by atoms with van der Waals surface area (Å²) in [6.45, 7) is 3.82. The normalized spacial score (nSPS) is 18.0. The average molecular weight is 499 g/mol. The monoisotopic (exact) mass is 498 g/mol. The van der Waals surface area contributed by atoms with Crippen LogP contribution in [-0.2, 0) is 23.1 Å². The Morgan fingerprint density at radius 2 is 1.81 bits per heavy atom. The fraction of sp³-hybridized carbons (Fsp3) is 0.440. The predicted molar refractivity (Wildman–Crippen MR) is 133 cm³/mol. The molecule has 1 aliphatic heterocycles. The van der Waals surface area contributed by atoms with Crippen LogP contribution in [-0.4, -0.2) is 71.0 Å². The number of hydrogen-bond acceptors (Lipinski definition) is 5. The number of urea groups is 1. The van der Waals surface area contributed by atoms with Crippen LogP contribution >= 0.6 is 0 Å². The molecule has 194 valence electrons. The molecule has 2 aromatic rings. The third-order valence-corrected chi connectivity index (χ3v) is 6.04. The molecule has 0 spiro atoms. The number of primary amides is 1. The lowest BCUT2D eigenvalue weighted by Gasteiger charge is -2.26. The summed E-state index contributed by atoms with van der Waals surface area (Å²) in [5.74, 6) is -0.881. The largest absolute Gasteiger partial charge is 0.497 e. The second-order valence-corrected chi connectivity index (χ2v) is 9.20. The van der Waals surface area contributed by atoms with E-state index in [4.69, 9.17) is 10.5 Å². The molecular formula is C25H34N6O5. The molecule has 1 aromatic carbocycles. The van der Waals surface area contributed by atoms with E-state index >= 15 is 0 Å². The summed E-state index contributed by atoms with van der Waals surface area (Å²) in [4.78, 5) is 52.5. The Labute approximate surface area is 210 Å². The number of nitrogens with one attached hydrogen (secondary N) is 3. The third kappa shape index (κ3) is 6.55. The first-order chi connectivity index (χ1) is 17.1. The van der Waals surface area contributed by atoms with Gasteiger partial charge in [-0.3, -0.25) is 14.4 Å². The summed E-state index contributed by atoms with van der Waals surface area (Å²) in [5, 5.41) is 8.29. The van der Waals surface area contributed by atoms with Crippen molar-refractivity contribution in [2.24, 2.45) is 12.8 Å². The zero-order chi connectivity index (χ0) is 26.4. The van der Waals surface area contributed by atoms with E-state index in [0.29, 0.717) is 11.4 Å². The van der Waals surface area contributed by atoms with Crippen molar-refractivity contribution in [3.05, 3.63) is 53.9 Å². The van der Waals surface area contributed by atoms with Crippen LogP contribution in [0.15, 0.2) is 42.6 Å². The van der Waals surface area contributed by atoms with Crippen LogP contribution in [0.2, 0.25) is 0 Å². The molecule has 11 nitrogen and oxygen atoms in total. The highest BCUT2D eigenvalue weighted by atomic mass is 16.5. The van der Waals surface area contributed by atoms with Crippen LogP contribution in [0.5, 0.6) is 5.75 Å². The molecule has 3 atom stereocenters. The highest BCUT2D eigenvalue weighted by molar-refractivity contribution is 5.98. The molecule has 5 N–H and O–H groups in total. The minimum absolute atomic E-state index is 0.0686. The van der Waals surface area contributed by atoms with E-state index in [9.17, 15) is 19.2 Å². The van der Waals surface area contributed by atoms with Crippen molar-refractivity contribution in [2.75, 3.05) is 13.7 Å². The van der Waals surface area contributed by atoms with Gasteiger partial charge in [-0.1, -0.05) is 12.1 Å². The number of likely N-dealkylation sites (tertiary alicyclic amines) is 1. The molecule has 0 saturated carbocycles. The van der Waals surface area contributed by atoms with Gasteiger partial charge in [0.25, 0.3) is 5.91 Å². The van der Waals surface area contributed by atoms with E-state index in [1.54, 1.807) is 61.3 Å². The van der Waals surface area contributed by atoms with Gasteiger partial charge in [0.2, 0.25) is 11.8 Å². The highest BCUT2D eigenvalue weighted by Crippen LogP contribution is 2.22. The van der Waals surface area contributed by atoms with Crippen LogP contribution in [0.3, 0.4) is 0 Å². The average Bonchev–Trinajstić information content (AvgIpc) is 3.44. The van der Waals surface area contributed by atoms with Crippen molar-refractivity contribution in [2.45, 2.75) is 50.9 Å². The van der Waals surface area contributed by atoms with E-state index in [-0.39, 0.29) is 37.4 Å². The van der Waals surface area contributed by atoms with Gasteiger partial charge >= 0.3 is 6.03 Å². The number of nitrogens with two attached hydrogens (primary N) is 1. The first-order valence-electron chi connectivity index (χ1n) is 11.8. The molecule has 3 rings (SSSR count). The molecule has 36 heavy (non-hydrogen) atoms. The van der Waals surface area contributed by atoms with E-state index in [2.05, 4.69) is 16.0 Å². The Balaban J connectivity index is 1.77. The summed E-state index contributed by atoms with van der Waals surface area (Å²) in [7, 11) is 3.29. The van der Waals surface area contributed by atoms with Crippen molar-refractivity contribution in [3.63, 3.8) is 0 Å². The maximum atomic E-state index is 13.4. The molecular weight excluding hydrogens is 464 g/mol. The first-order valence-corrected chi connectivity index (χ1v) is 11.8. The lowest BCUT2D eigenvalue weighted by atomic mass is 10.0. The summed E-state index contributed by atoms with van der Waals surface area (Å²) in [6.07, 6.45) is 2.12. The number of aromatic nitrogens is 1. The lowest BCUT2D eigenvalue weighted by Crippen LogP contribution is -2.53. The second-order valence-electron chi connectivity index (χ2n) is 9.20. The SMILES string of the molecule is COc1ccc(CC(NC(=O)C2CC(NC(=O)NC(C)C)CN2C(=O)c2cccn2C)C(N)=O)cc1. The van der Waals surface area contributed by atoms with Gasteiger partial charge in [-0.2, -0.15) is 0 Å². The molecule has 5 amide bonds. The number of carbonyl (C=O) groups excluding carboxylic acids is 4. The topological polar surface area (TPSA) is 148 Å². The van der Waals surface area contributed by atoms with Crippen LogP contribution in [0.1, 0.15) is 36.3 Å². The molecule has 0 bridgehead atoms. The maximum Gasteiger partial charge on any atom is 0.315 e. The fourth-order valence-corrected chi connectivity index (χ4v) is 4.22. The number of benzene rings is 1. The Bertz CT molecular complexity index is 1100.